The van der Waals surface area contributed by atoms with Crippen LogP contribution in [0.5, 0.6) is 0 Å². The zero-order valence-corrected chi connectivity index (χ0v) is 12.3. The molecular weight excluding hydrogens is 264 g/mol. The van der Waals surface area contributed by atoms with Crippen LogP contribution in [0, 0.1) is 0 Å². The predicted octanol–water partition coefficient (Wildman–Crippen LogP) is 2.22. The number of anilines is 1. The molecule has 0 aliphatic heterocycles. The van der Waals surface area contributed by atoms with Crippen LogP contribution in [0.25, 0.3) is 0 Å². The van der Waals surface area contributed by atoms with Crippen molar-refractivity contribution in [3.63, 3.8) is 0 Å². The molecule has 4 nitrogen and oxygen atoms in total. The lowest BCUT2D eigenvalue weighted by molar-refractivity contribution is 0.0916. The number of benzene rings is 2. The number of rotatable bonds is 5. The fourth-order valence-corrected chi connectivity index (χ4v) is 2.07. The average molecular weight is 284 g/mol. The number of amides is 1. The van der Waals surface area contributed by atoms with Gasteiger partial charge in [0, 0.05) is 25.3 Å². The Labute approximate surface area is 125 Å². The molecular formula is C17H20N2O2. The summed E-state index contributed by atoms with van der Waals surface area (Å²) in [6.07, 6.45) is 0. The summed E-state index contributed by atoms with van der Waals surface area (Å²) >= 11 is 0. The Hall–Kier alpha value is -2.33. The van der Waals surface area contributed by atoms with Gasteiger partial charge < -0.3 is 15.3 Å². The fraction of sp³-hybridized carbons (Fsp3) is 0.235. The summed E-state index contributed by atoms with van der Waals surface area (Å²) < 4.78 is 0. The molecule has 2 aromatic carbocycles. The van der Waals surface area contributed by atoms with Crippen LogP contribution in [-0.4, -0.2) is 31.7 Å². The van der Waals surface area contributed by atoms with Gasteiger partial charge in [0.05, 0.1) is 12.6 Å². The Morgan fingerprint density at radius 2 is 1.71 bits per heavy atom. The summed E-state index contributed by atoms with van der Waals surface area (Å²) in [5, 5.41) is 12.3. The number of carbonyl (C=O) groups is 1. The molecule has 2 N–H and O–H groups in total. The van der Waals surface area contributed by atoms with E-state index in [1.165, 1.54) is 0 Å². The molecule has 2 aromatic rings. The van der Waals surface area contributed by atoms with Crippen molar-refractivity contribution in [2.24, 2.45) is 0 Å². The first-order valence-electron chi connectivity index (χ1n) is 6.86. The zero-order valence-electron chi connectivity index (χ0n) is 12.3. The SMILES string of the molecule is CN(C)c1ccc(C(=O)NC(CO)c2ccccc2)cc1. The van der Waals surface area contributed by atoms with Gasteiger partial charge in [0.1, 0.15) is 0 Å². The van der Waals surface area contributed by atoms with Gasteiger partial charge in [-0.25, -0.2) is 0 Å². The predicted molar refractivity (Wildman–Crippen MR) is 84.5 cm³/mol. The van der Waals surface area contributed by atoms with E-state index in [4.69, 9.17) is 0 Å². The Bertz CT molecular complexity index is 579. The highest BCUT2D eigenvalue weighted by molar-refractivity contribution is 5.94. The first-order valence-corrected chi connectivity index (χ1v) is 6.86. The summed E-state index contributed by atoms with van der Waals surface area (Å²) in [7, 11) is 3.90. The van der Waals surface area contributed by atoms with Crippen molar-refractivity contribution in [3.05, 3.63) is 65.7 Å². The number of aliphatic hydroxyl groups is 1. The molecule has 0 saturated carbocycles. The molecule has 0 aromatic heterocycles. The highest BCUT2D eigenvalue weighted by Crippen LogP contribution is 2.15. The first-order chi connectivity index (χ1) is 10.1. The third-order valence-electron chi connectivity index (χ3n) is 3.34. The van der Waals surface area contributed by atoms with Crippen LogP contribution in [0.3, 0.4) is 0 Å². The normalized spacial score (nSPS) is 11.8. The van der Waals surface area contributed by atoms with E-state index in [2.05, 4.69) is 5.32 Å². The zero-order chi connectivity index (χ0) is 15.2. The largest absolute Gasteiger partial charge is 0.394 e. The summed E-state index contributed by atoms with van der Waals surface area (Å²) in [4.78, 5) is 14.2. The van der Waals surface area contributed by atoms with Crippen molar-refractivity contribution in [2.45, 2.75) is 6.04 Å². The maximum absolute atomic E-state index is 12.2. The van der Waals surface area contributed by atoms with E-state index in [1.54, 1.807) is 12.1 Å². The van der Waals surface area contributed by atoms with Gasteiger partial charge in [-0.2, -0.15) is 0 Å². The van der Waals surface area contributed by atoms with Crippen molar-refractivity contribution in [3.8, 4) is 0 Å². The Kier molecular flexibility index (Phi) is 4.95. The second-order valence-corrected chi connectivity index (χ2v) is 5.06. The number of carbonyl (C=O) groups excluding carboxylic acids is 1. The van der Waals surface area contributed by atoms with Gasteiger partial charge in [-0.1, -0.05) is 30.3 Å². The molecule has 1 unspecified atom stereocenters. The molecule has 1 atom stereocenters. The standard InChI is InChI=1S/C17H20N2O2/c1-19(2)15-10-8-14(9-11-15)17(21)18-16(12-20)13-6-4-3-5-7-13/h3-11,16,20H,12H2,1-2H3,(H,18,21). The van der Waals surface area contributed by atoms with E-state index in [0.717, 1.165) is 11.3 Å². The minimum Gasteiger partial charge on any atom is -0.394 e. The van der Waals surface area contributed by atoms with Crippen molar-refractivity contribution >= 4 is 11.6 Å². The molecule has 110 valence electrons. The van der Waals surface area contributed by atoms with Crippen LogP contribution < -0.4 is 10.2 Å². The van der Waals surface area contributed by atoms with Crippen LogP contribution in [0.1, 0.15) is 22.0 Å². The van der Waals surface area contributed by atoms with E-state index in [1.807, 2.05) is 61.5 Å². The van der Waals surface area contributed by atoms with E-state index in [9.17, 15) is 9.90 Å². The molecule has 0 fully saturated rings. The second kappa shape index (κ2) is 6.90. The smallest absolute Gasteiger partial charge is 0.251 e. The summed E-state index contributed by atoms with van der Waals surface area (Å²) in [6, 6.07) is 16.4. The van der Waals surface area contributed by atoms with E-state index in [-0.39, 0.29) is 12.5 Å². The quantitative estimate of drug-likeness (QED) is 0.885. The molecule has 2 rings (SSSR count). The highest BCUT2D eigenvalue weighted by atomic mass is 16.3. The monoisotopic (exact) mass is 284 g/mol. The van der Waals surface area contributed by atoms with Gasteiger partial charge in [-0.05, 0) is 29.8 Å². The molecule has 0 aliphatic rings. The van der Waals surface area contributed by atoms with Crippen molar-refractivity contribution in [2.75, 3.05) is 25.6 Å². The second-order valence-electron chi connectivity index (χ2n) is 5.06. The average Bonchev–Trinajstić information content (AvgIpc) is 2.53. The lowest BCUT2D eigenvalue weighted by atomic mass is 10.1. The Morgan fingerprint density at radius 1 is 1.10 bits per heavy atom. The number of hydrogen-bond donors (Lipinski definition) is 2. The number of nitrogens with one attached hydrogen (secondary N) is 1. The Balaban J connectivity index is 2.09. The van der Waals surface area contributed by atoms with Crippen LogP contribution in [0.15, 0.2) is 54.6 Å². The van der Waals surface area contributed by atoms with E-state index < -0.39 is 6.04 Å². The topological polar surface area (TPSA) is 52.6 Å². The summed E-state index contributed by atoms with van der Waals surface area (Å²) in [5.41, 5.74) is 2.50. The van der Waals surface area contributed by atoms with Gasteiger partial charge in [0.15, 0.2) is 0 Å². The third-order valence-corrected chi connectivity index (χ3v) is 3.34. The van der Waals surface area contributed by atoms with Gasteiger partial charge in [-0.3, -0.25) is 4.79 Å². The molecule has 4 heteroatoms. The van der Waals surface area contributed by atoms with Crippen molar-refractivity contribution in [1.82, 2.24) is 5.32 Å². The summed E-state index contributed by atoms with van der Waals surface area (Å²) in [5.74, 6) is -0.191. The maximum Gasteiger partial charge on any atom is 0.251 e. The first kappa shape index (κ1) is 15.1. The van der Waals surface area contributed by atoms with Crippen LogP contribution in [0.4, 0.5) is 5.69 Å². The van der Waals surface area contributed by atoms with Gasteiger partial charge in [-0.15, -0.1) is 0 Å². The molecule has 0 radical (unpaired) electrons. The minimum absolute atomic E-state index is 0.133. The minimum atomic E-state index is -0.396. The lowest BCUT2D eigenvalue weighted by Gasteiger charge is -2.17. The van der Waals surface area contributed by atoms with Gasteiger partial charge >= 0.3 is 0 Å². The number of hydrogen-bond acceptors (Lipinski definition) is 3. The Morgan fingerprint density at radius 3 is 2.24 bits per heavy atom. The van der Waals surface area contributed by atoms with Crippen LogP contribution in [-0.2, 0) is 0 Å². The van der Waals surface area contributed by atoms with Crippen molar-refractivity contribution in [1.29, 1.82) is 0 Å². The van der Waals surface area contributed by atoms with Gasteiger partial charge in [0.25, 0.3) is 5.91 Å². The molecule has 0 bridgehead atoms. The highest BCUT2D eigenvalue weighted by Gasteiger charge is 2.14. The maximum atomic E-state index is 12.2. The van der Waals surface area contributed by atoms with E-state index in [0.29, 0.717) is 5.56 Å². The van der Waals surface area contributed by atoms with Gasteiger partial charge in [0.2, 0.25) is 0 Å². The van der Waals surface area contributed by atoms with Crippen LogP contribution >= 0.6 is 0 Å². The third kappa shape index (κ3) is 3.83. The van der Waals surface area contributed by atoms with E-state index >= 15 is 0 Å². The summed E-state index contributed by atoms with van der Waals surface area (Å²) in [6.45, 7) is -0.133. The van der Waals surface area contributed by atoms with Crippen LogP contribution in [0.2, 0.25) is 0 Å². The molecule has 0 aliphatic carbocycles. The molecule has 0 heterocycles. The molecule has 0 spiro atoms. The number of nitrogens with zero attached hydrogens (tertiary/aromatic N) is 1. The fourth-order valence-electron chi connectivity index (χ4n) is 2.07. The molecule has 21 heavy (non-hydrogen) atoms. The molecule has 1 amide bonds. The molecule has 0 saturated heterocycles. The van der Waals surface area contributed by atoms with Crippen molar-refractivity contribution < 1.29 is 9.90 Å². The lowest BCUT2D eigenvalue weighted by Crippen LogP contribution is -2.30. The number of aliphatic hydroxyl groups excluding tert-OH is 1.